The number of hydrogen-bond acceptors (Lipinski definition) is 9. The quantitative estimate of drug-likeness (QED) is 0.353. The van der Waals surface area contributed by atoms with Gasteiger partial charge in [0.15, 0.2) is 11.6 Å². The topological polar surface area (TPSA) is 136 Å². The number of hydroxylamine groups is 1. The van der Waals surface area contributed by atoms with Crippen LogP contribution in [0.2, 0.25) is 0 Å². The predicted octanol–water partition coefficient (Wildman–Crippen LogP) is 3.31. The fraction of sp³-hybridized carbons (Fsp3) is 0.500. The molecule has 1 aliphatic heterocycles. The van der Waals surface area contributed by atoms with Gasteiger partial charge in [-0.2, -0.15) is 15.2 Å². The first kappa shape index (κ1) is 25.2. The van der Waals surface area contributed by atoms with Crippen molar-refractivity contribution < 1.29 is 9.63 Å². The molecular formula is C24H34N8O2. The minimum Gasteiger partial charge on any atom is -0.369 e. The molecule has 1 aromatic heterocycles. The second kappa shape index (κ2) is 11.1. The first-order valence-corrected chi connectivity index (χ1v) is 11.4. The lowest BCUT2D eigenvalue weighted by molar-refractivity contribution is 0.0537. The van der Waals surface area contributed by atoms with Gasteiger partial charge >= 0.3 is 0 Å². The summed E-state index contributed by atoms with van der Waals surface area (Å²) < 4.78 is 0. The number of aromatic nitrogens is 2. The highest BCUT2D eigenvalue weighted by molar-refractivity contribution is 5.95. The maximum atomic E-state index is 12.2. The third-order valence-corrected chi connectivity index (χ3v) is 5.53. The second-order valence-electron chi connectivity index (χ2n) is 9.59. The number of nitrogens with one attached hydrogen (secondary N) is 5. The van der Waals surface area contributed by atoms with Crippen molar-refractivity contribution in [3.63, 3.8) is 0 Å². The van der Waals surface area contributed by atoms with E-state index in [2.05, 4.69) is 63.6 Å². The van der Waals surface area contributed by atoms with Crippen LogP contribution >= 0.6 is 0 Å². The van der Waals surface area contributed by atoms with E-state index in [-0.39, 0.29) is 17.4 Å². The Hall–Kier alpha value is -3.42. The fourth-order valence-corrected chi connectivity index (χ4v) is 3.54. The van der Waals surface area contributed by atoms with Crippen LogP contribution in [0.25, 0.3) is 0 Å². The van der Waals surface area contributed by atoms with Gasteiger partial charge in [-0.1, -0.05) is 26.8 Å². The predicted molar refractivity (Wildman–Crippen MR) is 133 cm³/mol. The zero-order chi connectivity index (χ0) is 24.7. The van der Waals surface area contributed by atoms with Gasteiger partial charge in [0.1, 0.15) is 11.6 Å². The molecule has 0 aliphatic carbocycles. The number of carbonyl (C=O) groups excluding carboxylic acids is 1. The number of amides is 1. The van der Waals surface area contributed by atoms with E-state index in [4.69, 9.17) is 4.84 Å². The molecule has 2 aromatic rings. The number of anilines is 4. The van der Waals surface area contributed by atoms with Gasteiger partial charge in [-0.05, 0) is 49.4 Å². The average Bonchev–Trinajstić information content (AvgIpc) is 3.27. The van der Waals surface area contributed by atoms with E-state index in [9.17, 15) is 10.1 Å². The Balaban J connectivity index is 1.95. The van der Waals surface area contributed by atoms with Crippen LogP contribution in [-0.4, -0.2) is 48.7 Å². The van der Waals surface area contributed by atoms with E-state index < -0.39 is 0 Å². The lowest BCUT2D eigenvalue weighted by Crippen LogP contribution is -2.24. The molecule has 182 valence electrons. The summed E-state index contributed by atoms with van der Waals surface area (Å²) in [5, 5.41) is 23.2. The maximum absolute atomic E-state index is 12.2. The van der Waals surface area contributed by atoms with Gasteiger partial charge < -0.3 is 21.3 Å². The standard InChI is InChI=1S/C24H34N8O2/c1-15-6-7-16(22(33)32-34-5)12-19(15)29-21-18(13-25)20(27-11-9-24(2,3)4)30-23(31-21)28-17-8-10-26-14-17/h6-7,12,17,26H,8-11,14H2,1-5H3,(H,32,33)(H3,27,28,29,30,31). The second-order valence-corrected chi connectivity index (χ2v) is 9.59. The molecule has 1 fully saturated rings. The molecule has 34 heavy (non-hydrogen) atoms. The summed E-state index contributed by atoms with van der Waals surface area (Å²) in [7, 11) is 1.38. The van der Waals surface area contributed by atoms with Gasteiger partial charge in [-0.15, -0.1) is 0 Å². The monoisotopic (exact) mass is 466 g/mol. The van der Waals surface area contributed by atoms with Gasteiger partial charge in [0.25, 0.3) is 5.91 Å². The largest absolute Gasteiger partial charge is 0.369 e. The summed E-state index contributed by atoms with van der Waals surface area (Å²) in [6.07, 6.45) is 1.88. The molecule has 0 spiro atoms. The van der Waals surface area contributed by atoms with Crippen LogP contribution in [0.1, 0.15) is 55.1 Å². The van der Waals surface area contributed by atoms with Gasteiger partial charge in [-0.3, -0.25) is 9.63 Å². The molecule has 1 saturated heterocycles. The van der Waals surface area contributed by atoms with Crippen molar-refractivity contribution in [1.29, 1.82) is 5.26 Å². The zero-order valence-electron chi connectivity index (χ0n) is 20.5. The van der Waals surface area contributed by atoms with Crippen LogP contribution in [0.4, 0.5) is 23.3 Å². The summed E-state index contributed by atoms with van der Waals surface area (Å²) in [5.41, 5.74) is 4.75. The van der Waals surface area contributed by atoms with E-state index in [0.29, 0.717) is 40.9 Å². The van der Waals surface area contributed by atoms with E-state index in [0.717, 1.165) is 31.5 Å². The molecule has 2 heterocycles. The van der Waals surface area contributed by atoms with Crippen molar-refractivity contribution in [2.24, 2.45) is 5.41 Å². The third kappa shape index (κ3) is 6.79. The molecule has 0 bridgehead atoms. The van der Waals surface area contributed by atoms with Gasteiger partial charge in [0.05, 0.1) is 7.11 Å². The minimum atomic E-state index is -0.366. The average molecular weight is 467 g/mol. The highest BCUT2D eigenvalue weighted by Crippen LogP contribution is 2.29. The Morgan fingerprint density at radius 2 is 2.06 bits per heavy atom. The fourth-order valence-electron chi connectivity index (χ4n) is 3.54. The minimum absolute atomic E-state index is 0.144. The van der Waals surface area contributed by atoms with Crippen LogP contribution in [0.15, 0.2) is 18.2 Å². The Bertz CT molecular complexity index is 1050. The Labute approximate surface area is 200 Å². The van der Waals surface area contributed by atoms with E-state index in [1.165, 1.54) is 7.11 Å². The van der Waals surface area contributed by atoms with Crippen LogP contribution in [0.5, 0.6) is 0 Å². The molecule has 1 aliphatic rings. The van der Waals surface area contributed by atoms with Gasteiger partial charge in [0.2, 0.25) is 5.95 Å². The summed E-state index contributed by atoms with van der Waals surface area (Å²) in [6.45, 7) is 10.9. The van der Waals surface area contributed by atoms with E-state index >= 15 is 0 Å². The van der Waals surface area contributed by atoms with E-state index in [1.807, 2.05) is 13.0 Å². The molecule has 5 N–H and O–H groups in total. The summed E-state index contributed by atoms with van der Waals surface area (Å²) >= 11 is 0. The van der Waals surface area contributed by atoms with Crippen molar-refractivity contribution in [2.75, 3.05) is 42.7 Å². The van der Waals surface area contributed by atoms with Gasteiger partial charge in [-0.25, -0.2) is 5.48 Å². The van der Waals surface area contributed by atoms with Crippen molar-refractivity contribution in [3.8, 4) is 6.07 Å². The highest BCUT2D eigenvalue weighted by Gasteiger charge is 2.20. The summed E-state index contributed by atoms with van der Waals surface area (Å²) in [4.78, 5) is 26.2. The number of aryl methyl sites for hydroxylation is 1. The Kier molecular flexibility index (Phi) is 8.26. The Morgan fingerprint density at radius 1 is 1.29 bits per heavy atom. The lowest BCUT2D eigenvalue weighted by Gasteiger charge is -2.20. The molecule has 1 unspecified atom stereocenters. The van der Waals surface area contributed by atoms with Crippen LogP contribution in [0, 0.1) is 23.7 Å². The maximum Gasteiger partial charge on any atom is 0.274 e. The normalized spacial score (nSPS) is 15.5. The van der Waals surface area contributed by atoms with Crippen molar-refractivity contribution >= 4 is 29.2 Å². The SMILES string of the molecule is CONC(=O)c1ccc(C)c(Nc2nc(NC3CCNC3)nc(NCCC(C)(C)C)c2C#N)c1. The third-order valence-electron chi connectivity index (χ3n) is 5.53. The molecule has 1 atom stereocenters. The number of rotatable bonds is 9. The number of nitriles is 1. The molecule has 0 radical (unpaired) electrons. The summed E-state index contributed by atoms with van der Waals surface area (Å²) in [5.74, 6) is 0.925. The molecule has 1 amide bonds. The molecule has 0 saturated carbocycles. The van der Waals surface area contributed by atoms with Crippen LogP contribution in [0.3, 0.4) is 0 Å². The molecule has 1 aromatic carbocycles. The molecule has 10 nitrogen and oxygen atoms in total. The van der Waals surface area contributed by atoms with Crippen molar-refractivity contribution in [2.45, 2.75) is 46.6 Å². The summed E-state index contributed by atoms with van der Waals surface area (Å²) in [6, 6.07) is 7.69. The number of hydrogen-bond donors (Lipinski definition) is 5. The smallest absolute Gasteiger partial charge is 0.274 e. The number of nitrogens with zero attached hydrogens (tertiary/aromatic N) is 3. The highest BCUT2D eigenvalue weighted by atomic mass is 16.6. The van der Waals surface area contributed by atoms with Gasteiger partial charge in [0, 0.05) is 30.4 Å². The molecule has 10 heteroatoms. The zero-order valence-corrected chi connectivity index (χ0v) is 20.5. The number of benzene rings is 1. The Morgan fingerprint density at radius 3 is 2.71 bits per heavy atom. The molecular weight excluding hydrogens is 432 g/mol. The van der Waals surface area contributed by atoms with Crippen LogP contribution < -0.4 is 26.7 Å². The van der Waals surface area contributed by atoms with Crippen molar-refractivity contribution in [3.05, 3.63) is 34.9 Å². The van der Waals surface area contributed by atoms with Crippen molar-refractivity contribution in [1.82, 2.24) is 20.8 Å². The lowest BCUT2D eigenvalue weighted by atomic mass is 9.92. The first-order valence-electron chi connectivity index (χ1n) is 11.4. The van der Waals surface area contributed by atoms with E-state index in [1.54, 1.807) is 12.1 Å². The first-order chi connectivity index (χ1) is 16.2. The molecule has 3 rings (SSSR count). The van der Waals surface area contributed by atoms with Crippen LogP contribution in [-0.2, 0) is 4.84 Å². The number of carbonyl (C=O) groups is 1.